The topological polar surface area (TPSA) is 95.1 Å². The van der Waals surface area contributed by atoms with Crippen LogP contribution in [0.15, 0.2) is 158 Å². The Balaban J connectivity index is 1.18. The number of carbonyl (C=O) groups excluding carboxylic acids is 2. The molecule has 8 aromatic rings. The summed E-state index contributed by atoms with van der Waals surface area (Å²) in [7, 11) is 0.0267. The van der Waals surface area contributed by atoms with Gasteiger partial charge in [0.25, 0.3) is 0 Å². The van der Waals surface area contributed by atoms with Gasteiger partial charge in [0.15, 0.2) is 0 Å². The Kier molecular flexibility index (Phi) is 17.4. The van der Waals surface area contributed by atoms with Gasteiger partial charge >= 0.3 is 11.9 Å². The Morgan fingerprint density at radius 1 is 0.400 bits per heavy atom. The third kappa shape index (κ3) is 12.6. The molecule has 0 spiro atoms. The van der Waals surface area contributed by atoms with Crippen molar-refractivity contribution in [3.8, 4) is 23.0 Å². The average molecular weight is 1240 g/mol. The van der Waals surface area contributed by atoms with Crippen molar-refractivity contribution in [3.63, 3.8) is 0 Å². The van der Waals surface area contributed by atoms with Crippen molar-refractivity contribution < 1.29 is 28.5 Å². The number of benzene rings is 8. The maximum absolute atomic E-state index is 13.3. The van der Waals surface area contributed by atoms with Crippen LogP contribution in [-0.4, -0.2) is 38.2 Å². The molecule has 8 aromatic carbocycles. The maximum atomic E-state index is 13.3. The van der Waals surface area contributed by atoms with E-state index in [0.29, 0.717) is 25.9 Å². The van der Waals surface area contributed by atoms with Crippen LogP contribution in [-0.2, 0) is 77.5 Å². The van der Waals surface area contributed by atoms with Crippen LogP contribution in [0.3, 0.4) is 0 Å². The maximum Gasteiger partial charge on any atom is 0.323 e. The number of esters is 2. The summed E-state index contributed by atoms with van der Waals surface area (Å²) in [5.74, 6) is 3.06. The van der Waals surface area contributed by atoms with Crippen molar-refractivity contribution in [1.29, 1.82) is 0 Å². The first kappa shape index (κ1) is 64.6. The molecule has 2 atom stereocenters. The lowest BCUT2D eigenvalue weighted by atomic mass is 9.72. The summed E-state index contributed by atoms with van der Waals surface area (Å²) in [6, 6.07) is 57.0. The average Bonchev–Trinajstić information content (AvgIpc) is 0.714. The number of nitrogens with one attached hydrogen (secondary N) is 2. The Morgan fingerprint density at radius 2 is 0.667 bits per heavy atom. The first-order chi connectivity index (χ1) is 42.4. The number of hydrogen-bond acceptors (Lipinski definition) is 8. The van der Waals surface area contributed by atoms with Crippen LogP contribution in [0.2, 0.25) is 0 Å². The lowest BCUT2D eigenvalue weighted by molar-refractivity contribution is -0.144. The number of carbonyl (C=O) groups is 2. The smallest absolute Gasteiger partial charge is 0.323 e. The highest BCUT2D eigenvalue weighted by Crippen LogP contribution is 2.59. The second-order valence-electron chi connectivity index (χ2n) is 30.2. The zero-order valence-corrected chi connectivity index (χ0v) is 58.1. The van der Waals surface area contributed by atoms with Crippen LogP contribution in [0.4, 0.5) is 0 Å². The van der Waals surface area contributed by atoms with Crippen molar-refractivity contribution >= 4 is 59.6 Å². The molecular formula is C80H92N2O6P2. The molecule has 10 heteroatoms. The molecule has 3 aliphatic rings. The molecule has 0 saturated carbocycles. The Hall–Kier alpha value is -6.92. The van der Waals surface area contributed by atoms with E-state index in [0.717, 1.165) is 66.5 Å². The fourth-order valence-corrected chi connectivity index (χ4v) is 18.0. The number of hydrogen-bond donors (Lipinski definition) is 2. The van der Waals surface area contributed by atoms with E-state index < -0.39 is 38.8 Å². The molecular weight excluding hydrogens is 1150 g/mol. The van der Waals surface area contributed by atoms with E-state index >= 15 is 0 Å². The van der Waals surface area contributed by atoms with Gasteiger partial charge in [-0.25, -0.2) is 0 Å². The van der Waals surface area contributed by atoms with Crippen molar-refractivity contribution in [2.45, 2.75) is 181 Å². The molecule has 90 heavy (non-hydrogen) atoms. The number of ether oxygens (including phenoxy) is 4. The van der Waals surface area contributed by atoms with Gasteiger partial charge in [-0.15, -0.1) is 0 Å². The summed E-state index contributed by atoms with van der Waals surface area (Å²) in [6.07, 6.45) is 1.03. The molecule has 3 heterocycles. The summed E-state index contributed by atoms with van der Waals surface area (Å²) in [5.41, 5.74) is 12.0. The molecule has 0 fully saturated rings. The molecule has 0 unspecified atom stereocenters. The molecule has 3 aliphatic heterocycles. The summed E-state index contributed by atoms with van der Waals surface area (Å²) in [6.45, 7) is 38.6. The van der Waals surface area contributed by atoms with E-state index in [1.807, 2.05) is 36.4 Å². The van der Waals surface area contributed by atoms with Crippen LogP contribution in [0, 0.1) is 0 Å². The highest BCUT2D eigenvalue weighted by molar-refractivity contribution is 7.80. The quantitative estimate of drug-likeness (QED) is 0.0821. The molecule has 0 saturated heterocycles. The van der Waals surface area contributed by atoms with Crippen LogP contribution in [0.5, 0.6) is 23.0 Å². The summed E-state index contributed by atoms with van der Waals surface area (Å²) in [4.78, 5) is 26.6. The predicted molar refractivity (Wildman–Crippen MR) is 375 cm³/mol. The molecule has 11 rings (SSSR count). The number of methoxy groups -OCH3 is 2. The first-order valence-electron chi connectivity index (χ1n) is 32.0. The van der Waals surface area contributed by atoms with Crippen molar-refractivity contribution in [2.24, 2.45) is 0 Å². The van der Waals surface area contributed by atoms with Crippen LogP contribution < -0.4 is 51.9 Å². The van der Waals surface area contributed by atoms with Gasteiger partial charge in [-0.2, -0.15) is 0 Å². The minimum atomic E-state index is -1.45. The van der Waals surface area contributed by atoms with E-state index in [1.54, 1.807) is 0 Å². The predicted octanol–water partition coefficient (Wildman–Crippen LogP) is 15.3. The lowest BCUT2D eigenvalue weighted by Gasteiger charge is -2.43. The highest BCUT2D eigenvalue weighted by Gasteiger charge is 2.47. The second kappa shape index (κ2) is 24.3. The highest BCUT2D eigenvalue weighted by atomic mass is 31.1. The van der Waals surface area contributed by atoms with Gasteiger partial charge in [0.05, 0.1) is 14.2 Å². The molecule has 468 valence electrons. The van der Waals surface area contributed by atoms with Crippen molar-refractivity contribution in [2.75, 3.05) is 14.2 Å². The monoisotopic (exact) mass is 1240 g/mol. The molecule has 0 amide bonds. The van der Waals surface area contributed by atoms with Crippen LogP contribution >= 0.6 is 15.8 Å². The second-order valence-corrected chi connectivity index (χ2v) is 34.5. The van der Waals surface area contributed by atoms with Crippen molar-refractivity contribution in [3.05, 3.63) is 224 Å². The molecule has 2 N–H and O–H groups in total. The van der Waals surface area contributed by atoms with E-state index in [-0.39, 0.29) is 33.6 Å². The summed E-state index contributed by atoms with van der Waals surface area (Å²) in [5, 5.41) is 14.1. The molecule has 0 radical (unpaired) electrons. The Bertz CT molecular complexity index is 3600. The van der Waals surface area contributed by atoms with E-state index in [9.17, 15) is 9.59 Å². The van der Waals surface area contributed by atoms with E-state index in [4.69, 9.17) is 18.9 Å². The molecule has 0 aromatic heterocycles. The fourth-order valence-electron chi connectivity index (χ4n) is 12.9. The first-order valence-corrected chi connectivity index (χ1v) is 34.6. The van der Waals surface area contributed by atoms with Crippen molar-refractivity contribution in [1.82, 2.24) is 10.6 Å². The third-order valence-electron chi connectivity index (χ3n) is 18.8. The van der Waals surface area contributed by atoms with Gasteiger partial charge in [-0.05, 0) is 130 Å². The molecule has 8 nitrogen and oxygen atoms in total. The zero-order valence-electron chi connectivity index (χ0n) is 56.3. The molecule has 0 aliphatic carbocycles. The normalized spacial score (nSPS) is 17.0. The Labute approximate surface area is 538 Å². The fraction of sp³-hybridized carbons (Fsp3) is 0.375. The summed E-state index contributed by atoms with van der Waals surface area (Å²) < 4.78 is 26.9. The van der Waals surface area contributed by atoms with Gasteiger partial charge in [0, 0.05) is 67.4 Å². The number of rotatable bonds is 14. The minimum Gasteiger partial charge on any atom is -0.468 e. The van der Waals surface area contributed by atoms with Gasteiger partial charge in [-0.1, -0.05) is 244 Å². The van der Waals surface area contributed by atoms with E-state index in [2.05, 4.69) is 243 Å². The largest absolute Gasteiger partial charge is 0.468 e. The van der Waals surface area contributed by atoms with Gasteiger partial charge in [0.1, 0.15) is 35.1 Å². The van der Waals surface area contributed by atoms with Gasteiger partial charge in [-0.3, -0.25) is 9.59 Å². The third-order valence-corrected chi connectivity index (χ3v) is 23.7. The zero-order chi connectivity index (χ0) is 64.6. The van der Waals surface area contributed by atoms with Gasteiger partial charge in [0.2, 0.25) is 0 Å². The lowest BCUT2D eigenvalue weighted by Crippen LogP contribution is -2.39. The van der Waals surface area contributed by atoms with E-state index in [1.165, 1.54) is 69.3 Å². The van der Waals surface area contributed by atoms with Crippen LogP contribution in [0.25, 0.3) is 0 Å². The van der Waals surface area contributed by atoms with Gasteiger partial charge < -0.3 is 29.6 Å². The SMILES string of the molecule is COC(=O)[C@H](Cc1ccccc1)NCc1ccc(P2c3cc(C(C)(C)C)cc4c3Oc3c(cc(C(C)(C)C)cc3C4(C)C)P(c3ccc(CN[C@@H](Cc4ccccc4)C(=O)OC)cc3)c3cc(C(C)(C)C)cc4c3Oc3c2cc(C(C)(C)C)cc3C4(C)C)cc1. The minimum absolute atomic E-state index is 0.224. The Morgan fingerprint density at radius 3 is 0.911 bits per heavy atom. The molecule has 4 bridgehead atoms. The standard InChI is InChI=1S/C80H92N2O6P2/c1-75(2,3)53-39-59-69-65(43-53)89(57-33-29-51(30-34-57)47-81-63(73(83)85-17)37-49-25-21-19-22-26-49)66-44-55(77(7,8)9)41-61-71(66)88-72-62(80(61,15)16)42-56(78(10,11)12)46-68(72)90(67-45-54(76(4,5)6)40-60(70(67)87-69)79(59,13)14)58-35-31-52(32-36-58)48-82-64(74(84)86-18)38-50-27-23-20-24-28-50/h19-36,39-46,63-64,81-82H,37-38,47-48H2,1-18H3/t63-,64-,89?,90?/m0/s1. The summed E-state index contributed by atoms with van der Waals surface area (Å²) >= 11 is 0. The van der Waals surface area contributed by atoms with Crippen LogP contribution in [0.1, 0.15) is 178 Å².